The second-order valence-electron chi connectivity index (χ2n) is 14.5. The van der Waals surface area contributed by atoms with Crippen molar-refractivity contribution in [2.45, 2.75) is 65.6 Å². The number of hydrogen-bond acceptors (Lipinski definition) is 10. The Morgan fingerprint density at radius 3 is 2.42 bits per heavy atom. The first-order valence-electron chi connectivity index (χ1n) is 17.6. The van der Waals surface area contributed by atoms with E-state index in [2.05, 4.69) is 29.9 Å². The normalized spacial score (nSPS) is 19.2. The predicted octanol–water partition coefficient (Wildman–Crippen LogP) is 5.68. The zero-order valence-corrected chi connectivity index (χ0v) is 30.1. The molecule has 0 bridgehead atoms. The third-order valence-corrected chi connectivity index (χ3v) is 10.2. The Balaban J connectivity index is 1.01. The van der Waals surface area contributed by atoms with Crippen LogP contribution in [0.25, 0.3) is 0 Å². The Labute approximate surface area is 298 Å². The summed E-state index contributed by atoms with van der Waals surface area (Å²) < 4.78 is 26.1. The lowest BCUT2D eigenvalue weighted by Gasteiger charge is -2.54. The van der Waals surface area contributed by atoms with Crippen molar-refractivity contribution in [1.29, 1.82) is 0 Å². The Morgan fingerprint density at radius 2 is 1.72 bits per heavy atom. The molecule has 0 aliphatic carbocycles. The van der Waals surface area contributed by atoms with E-state index in [-0.39, 0.29) is 46.4 Å². The third-order valence-electron chi connectivity index (χ3n) is 10.1. The molecule has 1 spiro atoms. The summed E-state index contributed by atoms with van der Waals surface area (Å²) in [6.07, 6.45) is 3.14. The summed E-state index contributed by atoms with van der Waals surface area (Å²) in [5, 5.41) is 8.12. The van der Waals surface area contributed by atoms with Gasteiger partial charge in [-0.1, -0.05) is 30.3 Å². The zero-order valence-electron chi connectivity index (χ0n) is 29.4. The molecular weight excluding hydrogens is 661 g/mol. The average Bonchev–Trinajstić information content (AvgIpc) is 3.54. The molecule has 3 aromatic rings. The molecule has 1 amide bonds. The van der Waals surface area contributed by atoms with Crippen LogP contribution in [0.4, 0.5) is 10.2 Å². The summed E-state index contributed by atoms with van der Waals surface area (Å²) in [6.45, 7) is 14.8. The highest BCUT2D eigenvalue weighted by Gasteiger charge is 2.45. The molecule has 3 saturated heterocycles. The molecule has 3 aliphatic rings. The first kappa shape index (κ1) is 35.9. The number of benzene rings is 2. The number of amides is 1. The van der Waals surface area contributed by atoms with E-state index in [0.717, 1.165) is 70.6 Å². The summed E-state index contributed by atoms with van der Waals surface area (Å²) in [4.78, 5) is 39.0. The molecule has 3 fully saturated rings. The van der Waals surface area contributed by atoms with Crippen molar-refractivity contribution in [2.75, 3.05) is 57.3 Å². The smallest absolute Gasteiger partial charge is 0.320 e. The minimum absolute atomic E-state index is 0.00233. The van der Waals surface area contributed by atoms with E-state index in [4.69, 9.17) is 21.1 Å². The van der Waals surface area contributed by atoms with Crippen LogP contribution in [0.1, 0.15) is 62.9 Å². The molecule has 2 aromatic carbocycles. The van der Waals surface area contributed by atoms with Crippen LogP contribution in [-0.4, -0.2) is 106 Å². The summed E-state index contributed by atoms with van der Waals surface area (Å²) in [5.74, 6) is 0.135. The van der Waals surface area contributed by atoms with E-state index >= 15 is 0 Å². The zero-order chi connectivity index (χ0) is 35.4. The van der Waals surface area contributed by atoms with E-state index in [1.54, 1.807) is 4.90 Å². The van der Waals surface area contributed by atoms with Crippen molar-refractivity contribution in [3.63, 3.8) is 0 Å². The number of carbonyl (C=O) groups is 2. The molecule has 268 valence electrons. The highest BCUT2D eigenvalue weighted by molar-refractivity contribution is 6.28. The molecular formula is C37H47ClFN7O4. The molecule has 0 saturated carbocycles. The summed E-state index contributed by atoms with van der Waals surface area (Å²) in [5.41, 5.74) is 1.42. The average molecular weight is 708 g/mol. The Kier molecular flexibility index (Phi) is 11.2. The minimum Gasteiger partial charge on any atom is -0.460 e. The molecule has 6 rings (SSSR count). The fourth-order valence-electron chi connectivity index (χ4n) is 7.67. The molecule has 13 heteroatoms. The van der Waals surface area contributed by atoms with Gasteiger partial charge in [0, 0.05) is 44.8 Å². The largest absolute Gasteiger partial charge is 0.460 e. The molecule has 50 heavy (non-hydrogen) atoms. The lowest BCUT2D eigenvalue weighted by Crippen LogP contribution is -2.61. The Hall–Kier alpha value is -3.87. The summed E-state index contributed by atoms with van der Waals surface area (Å²) >= 11 is 6.21. The molecule has 0 unspecified atom stereocenters. The Bertz CT molecular complexity index is 1640. The number of ether oxygens (including phenoxy) is 2. The van der Waals surface area contributed by atoms with Gasteiger partial charge in [0.15, 0.2) is 5.82 Å². The maximum atomic E-state index is 14.4. The van der Waals surface area contributed by atoms with Gasteiger partial charge in [-0.15, -0.1) is 10.2 Å². The van der Waals surface area contributed by atoms with Crippen LogP contribution in [0.15, 0.2) is 48.5 Å². The van der Waals surface area contributed by atoms with Crippen LogP contribution in [-0.2, 0) is 16.1 Å². The second kappa shape index (κ2) is 15.6. The van der Waals surface area contributed by atoms with Gasteiger partial charge >= 0.3 is 5.97 Å². The monoisotopic (exact) mass is 707 g/mol. The molecule has 1 aromatic heterocycles. The van der Waals surface area contributed by atoms with Gasteiger partial charge in [0.1, 0.15) is 18.2 Å². The lowest BCUT2D eigenvalue weighted by molar-refractivity contribution is -0.147. The number of halogens is 2. The van der Waals surface area contributed by atoms with Crippen molar-refractivity contribution in [1.82, 2.24) is 29.9 Å². The van der Waals surface area contributed by atoms with E-state index in [0.29, 0.717) is 30.3 Å². The van der Waals surface area contributed by atoms with Gasteiger partial charge in [0.05, 0.1) is 12.1 Å². The fourth-order valence-corrected chi connectivity index (χ4v) is 7.78. The van der Waals surface area contributed by atoms with E-state index in [1.165, 1.54) is 18.2 Å². The van der Waals surface area contributed by atoms with Crippen LogP contribution in [0.3, 0.4) is 0 Å². The molecule has 0 N–H and O–H groups in total. The summed E-state index contributed by atoms with van der Waals surface area (Å²) in [7, 11) is 0. The number of anilines is 1. The highest BCUT2D eigenvalue weighted by atomic mass is 35.5. The van der Waals surface area contributed by atoms with Gasteiger partial charge in [-0.05, 0) is 107 Å². The third kappa shape index (κ3) is 8.52. The van der Waals surface area contributed by atoms with Crippen LogP contribution < -0.4 is 9.64 Å². The van der Waals surface area contributed by atoms with E-state index in [1.807, 2.05) is 58.0 Å². The first-order valence-corrected chi connectivity index (χ1v) is 18.0. The van der Waals surface area contributed by atoms with Crippen molar-refractivity contribution < 1.29 is 23.5 Å². The quantitative estimate of drug-likeness (QED) is 0.218. The number of hydrogen-bond donors (Lipinski definition) is 0. The van der Waals surface area contributed by atoms with Gasteiger partial charge in [-0.2, -0.15) is 4.98 Å². The van der Waals surface area contributed by atoms with Gasteiger partial charge < -0.3 is 24.2 Å². The standard InChI is InChI=1S/C37H47ClFN7O4/c1-25(2)46(26(3)4)35(48)30-18-29(39)10-11-31(30)50-34-33(40-36(38)42-41-34)45-15-12-28(20-45)19-44-23-37(24-44)13-16-43(17-14-37)21-32(47)49-22-27-8-6-5-7-9-27/h5-11,18,25-26,28H,12-17,19-24H2,1-4H3/t28-/m0/s1. The topological polar surface area (TPSA) is 104 Å². The molecule has 3 aliphatic heterocycles. The minimum atomic E-state index is -0.534. The maximum Gasteiger partial charge on any atom is 0.320 e. The maximum absolute atomic E-state index is 14.4. The molecule has 4 heterocycles. The number of esters is 1. The number of likely N-dealkylation sites (tertiary alicyclic amines) is 2. The molecule has 0 radical (unpaired) electrons. The first-order chi connectivity index (χ1) is 24.0. The number of aromatic nitrogens is 3. The van der Waals surface area contributed by atoms with Gasteiger partial charge in [-0.25, -0.2) is 4.39 Å². The van der Waals surface area contributed by atoms with Gasteiger partial charge in [0.25, 0.3) is 11.8 Å². The fraction of sp³-hybridized carbons (Fsp3) is 0.541. The predicted molar refractivity (Wildman–Crippen MR) is 189 cm³/mol. The van der Waals surface area contributed by atoms with E-state index < -0.39 is 5.82 Å². The number of piperidine rings is 1. The van der Waals surface area contributed by atoms with Gasteiger partial charge in [-0.3, -0.25) is 14.5 Å². The van der Waals surface area contributed by atoms with Gasteiger partial charge in [0.2, 0.25) is 5.28 Å². The van der Waals surface area contributed by atoms with Crippen molar-refractivity contribution in [2.24, 2.45) is 11.3 Å². The van der Waals surface area contributed by atoms with Crippen LogP contribution >= 0.6 is 11.6 Å². The number of carbonyl (C=O) groups excluding carboxylic acids is 2. The van der Waals surface area contributed by atoms with Crippen LogP contribution in [0, 0.1) is 17.2 Å². The van der Waals surface area contributed by atoms with Crippen molar-refractivity contribution in [3.8, 4) is 11.6 Å². The van der Waals surface area contributed by atoms with E-state index in [9.17, 15) is 14.0 Å². The number of rotatable bonds is 12. The lowest BCUT2D eigenvalue weighted by atomic mass is 9.71. The molecule has 1 atom stereocenters. The Morgan fingerprint density at radius 1 is 1.00 bits per heavy atom. The number of nitrogens with zero attached hydrogens (tertiary/aromatic N) is 7. The highest BCUT2D eigenvalue weighted by Crippen LogP contribution is 2.42. The van der Waals surface area contributed by atoms with Crippen molar-refractivity contribution in [3.05, 3.63) is 70.8 Å². The van der Waals surface area contributed by atoms with Crippen LogP contribution in [0.5, 0.6) is 11.6 Å². The SMILES string of the molecule is CC(C)N(C(=O)c1cc(F)ccc1Oc1nnc(Cl)nc1N1CC[C@@H](CN2CC3(CCN(CC(=O)OCc4ccccc4)CC3)C2)C1)C(C)C. The summed E-state index contributed by atoms with van der Waals surface area (Å²) in [6, 6.07) is 13.5. The molecule has 11 nitrogen and oxygen atoms in total. The van der Waals surface area contributed by atoms with Crippen molar-refractivity contribution >= 4 is 29.3 Å². The second-order valence-corrected chi connectivity index (χ2v) is 14.9. The van der Waals surface area contributed by atoms with Crippen LogP contribution in [0.2, 0.25) is 5.28 Å².